The van der Waals surface area contributed by atoms with E-state index in [1.54, 1.807) is 18.2 Å². The van der Waals surface area contributed by atoms with E-state index in [0.717, 1.165) is 10.9 Å². The molecule has 2 unspecified atom stereocenters. The van der Waals surface area contributed by atoms with Crippen LogP contribution in [-0.2, 0) is 0 Å². The monoisotopic (exact) mass is 300 g/mol. The van der Waals surface area contributed by atoms with E-state index >= 15 is 0 Å². The molecule has 5 nitrogen and oxygen atoms in total. The molecule has 3 N–H and O–H groups in total. The summed E-state index contributed by atoms with van der Waals surface area (Å²) in [6.45, 7) is 0.391. The number of benzene rings is 1. The molecule has 6 heteroatoms. The zero-order valence-electron chi connectivity index (χ0n) is 11.9. The van der Waals surface area contributed by atoms with Crippen LogP contribution in [0.1, 0.15) is 0 Å². The zero-order valence-corrected chi connectivity index (χ0v) is 11.9. The summed E-state index contributed by atoms with van der Waals surface area (Å²) in [6, 6.07) is 7.07. The van der Waals surface area contributed by atoms with E-state index in [4.69, 9.17) is 5.11 Å². The Labute approximate surface area is 127 Å². The number of hydrogen-bond donors (Lipinski definition) is 3. The minimum absolute atomic E-state index is 0.00377. The highest BCUT2D eigenvalue weighted by Crippen LogP contribution is 2.23. The van der Waals surface area contributed by atoms with Crippen molar-refractivity contribution in [2.24, 2.45) is 0 Å². The summed E-state index contributed by atoms with van der Waals surface area (Å²) >= 11 is 0. The molecule has 0 bridgehead atoms. The van der Waals surface area contributed by atoms with E-state index in [-0.39, 0.29) is 6.61 Å². The van der Waals surface area contributed by atoms with Crippen LogP contribution in [0, 0.1) is 0 Å². The lowest BCUT2D eigenvalue weighted by atomic mass is 10.1. The lowest BCUT2D eigenvalue weighted by Crippen LogP contribution is -2.29. The number of aliphatic hydroxyl groups is 1. The molecular formula is C16H17FN4O. The van der Waals surface area contributed by atoms with Crippen molar-refractivity contribution in [3.63, 3.8) is 0 Å². The topological polar surface area (TPSA) is 70.1 Å². The van der Waals surface area contributed by atoms with Crippen molar-refractivity contribution in [2.45, 2.75) is 12.2 Å². The maximum atomic E-state index is 13.8. The van der Waals surface area contributed by atoms with E-state index in [1.807, 2.05) is 24.3 Å². The van der Waals surface area contributed by atoms with Crippen molar-refractivity contribution in [3.05, 3.63) is 48.6 Å². The molecule has 2 aromatic rings. The number of para-hydroxylation sites is 1. The Bertz CT molecular complexity index is 716. The Balaban J connectivity index is 1.92. The number of nitrogens with zero attached hydrogens (tertiary/aromatic N) is 2. The van der Waals surface area contributed by atoms with Gasteiger partial charge in [0.05, 0.1) is 18.2 Å². The summed E-state index contributed by atoms with van der Waals surface area (Å²) in [7, 11) is 0. The summed E-state index contributed by atoms with van der Waals surface area (Å²) in [4.78, 5) is 8.82. The van der Waals surface area contributed by atoms with Crippen LogP contribution in [-0.4, -0.2) is 40.4 Å². The maximum absolute atomic E-state index is 13.8. The molecule has 0 amide bonds. The van der Waals surface area contributed by atoms with E-state index in [1.165, 1.54) is 6.08 Å². The molecule has 1 aliphatic rings. The first-order chi connectivity index (χ1) is 10.8. The molecule has 3 rings (SSSR count). The normalized spacial score (nSPS) is 20.3. The minimum Gasteiger partial charge on any atom is -0.395 e. The molecule has 114 valence electrons. The van der Waals surface area contributed by atoms with Gasteiger partial charge in [0.2, 0.25) is 5.95 Å². The van der Waals surface area contributed by atoms with Crippen LogP contribution in [0.15, 0.2) is 48.6 Å². The standard InChI is InChI=1S/C16H17FN4O/c17-12-6-2-4-8-14(12)20-16-19-13-7-3-1-5-11(13)15(21-16)18-9-10-22/h1-8,12,14,22H,9-10H2,(H2,18,19,20,21). The summed E-state index contributed by atoms with van der Waals surface area (Å²) in [5.74, 6) is 0.972. The highest BCUT2D eigenvalue weighted by molar-refractivity contribution is 5.90. The summed E-state index contributed by atoms with van der Waals surface area (Å²) < 4.78 is 13.8. The van der Waals surface area contributed by atoms with Crippen molar-refractivity contribution < 1.29 is 9.50 Å². The molecule has 0 radical (unpaired) electrons. The molecule has 22 heavy (non-hydrogen) atoms. The van der Waals surface area contributed by atoms with Crippen molar-refractivity contribution in [1.29, 1.82) is 0 Å². The van der Waals surface area contributed by atoms with Gasteiger partial charge in [-0.15, -0.1) is 0 Å². The Kier molecular flexibility index (Phi) is 4.29. The number of alkyl halides is 1. The van der Waals surface area contributed by atoms with Crippen molar-refractivity contribution in [2.75, 3.05) is 23.8 Å². The Morgan fingerprint density at radius 1 is 1.14 bits per heavy atom. The SMILES string of the molecule is OCCNc1nc(NC2C=CC=CC2F)nc2ccccc12. The number of fused-ring (bicyclic) bond motifs is 1. The molecule has 1 aliphatic carbocycles. The third-order valence-corrected chi connectivity index (χ3v) is 3.37. The van der Waals surface area contributed by atoms with Crippen LogP contribution in [0.3, 0.4) is 0 Å². The van der Waals surface area contributed by atoms with E-state index < -0.39 is 12.2 Å². The van der Waals surface area contributed by atoms with E-state index in [0.29, 0.717) is 18.3 Å². The number of anilines is 2. The second-order valence-corrected chi connectivity index (χ2v) is 4.95. The van der Waals surface area contributed by atoms with Gasteiger partial charge in [0, 0.05) is 11.9 Å². The molecule has 0 saturated carbocycles. The number of rotatable bonds is 5. The van der Waals surface area contributed by atoms with Crippen LogP contribution in [0.4, 0.5) is 16.2 Å². The molecular weight excluding hydrogens is 283 g/mol. The number of aromatic nitrogens is 2. The predicted molar refractivity (Wildman–Crippen MR) is 85.7 cm³/mol. The van der Waals surface area contributed by atoms with Gasteiger partial charge < -0.3 is 15.7 Å². The molecule has 1 heterocycles. The molecule has 1 aromatic carbocycles. The molecule has 0 aliphatic heterocycles. The third kappa shape index (κ3) is 3.07. The van der Waals surface area contributed by atoms with Gasteiger partial charge in [0.25, 0.3) is 0 Å². The Morgan fingerprint density at radius 2 is 1.95 bits per heavy atom. The number of nitrogens with one attached hydrogen (secondary N) is 2. The molecule has 0 fully saturated rings. The van der Waals surface area contributed by atoms with Crippen LogP contribution in [0.5, 0.6) is 0 Å². The van der Waals surface area contributed by atoms with Gasteiger partial charge in [-0.05, 0) is 18.2 Å². The largest absolute Gasteiger partial charge is 0.395 e. The van der Waals surface area contributed by atoms with Gasteiger partial charge in [-0.1, -0.05) is 30.4 Å². The van der Waals surface area contributed by atoms with Gasteiger partial charge in [0.1, 0.15) is 12.0 Å². The van der Waals surface area contributed by atoms with Crippen LogP contribution < -0.4 is 10.6 Å². The molecule has 2 atom stereocenters. The summed E-state index contributed by atoms with van der Waals surface area (Å²) in [5, 5.41) is 15.9. The number of halogens is 1. The minimum atomic E-state index is -1.12. The van der Waals surface area contributed by atoms with E-state index in [2.05, 4.69) is 20.6 Å². The van der Waals surface area contributed by atoms with Crippen molar-refractivity contribution >= 4 is 22.7 Å². The van der Waals surface area contributed by atoms with Crippen molar-refractivity contribution in [3.8, 4) is 0 Å². The van der Waals surface area contributed by atoms with Gasteiger partial charge in [-0.25, -0.2) is 9.37 Å². The fourth-order valence-corrected chi connectivity index (χ4v) is 2.31. The molecule has 0 spiro atoms. The number of allylic oxidation sites excluding steroid dienone is 2. The van der Waals surface area contributed by atoms with Crippen molar-refractivity contribution in [1.82, 2.24) is 9.97 Å². The van der Waals surface area contributed by atoms with Gasteiger partial charge >= 0.3 is 0 Å². The second-order valence-electron chi connectivity index (χ2n) is 4.95. The maximum Gasteiger partial charge on any atom is 0.225 e. The zero-order chi connectivity index (χ0) is 15.4. The number of aliphatic hydroxyl groups excluding tert-OH is 1. The fourth-order valence-electron chi connectivity index (χ4n) is 2.31. The second kappa shape index (κ2) is 6.53. The third-order valence-electron chi connectivity index (χ3n) is 3.37. The Hall–Kier alpha value is -2.47. The highest BCUT2D eigenvalue weighted by atomic mass is 19.1. The quantitative estimate of drug-likeness (QED) is 0.790. The first kappa shape index (κ1) is 14.5. The highest BCUT2D eigenvalue weighted by Gasteiger charge is 2.19. The van der Waals surface area contributed by atoms with Crippen LogP contribution >= 0.6 is 0 Å². The molecule has 1 aromatic heterocycles. The summed E-state index contributed by atoms with van der Waals surface area (Å²) in [6.07, 6.45) is 5.58. The molecule has 0 saturated heterocycles. The fraction of sp³-hybridized carbons (Fsp3) is 0.250. The average molecular weight is 300 g/mol. The van der Waals surface area contributed by atoms with Gasteiger partial charge in [0.15, 0.2) is 0 Å². The number of hydrogen-bond acceptors (Lipinski definition) is 5. The lowest BCUT2D eigenvalue weighted by molar-refractivity contribution is 0.311. The average Bonchev–Trinajstić information content (AvgIpc) is 2.55. The van der Waals surface area contributed by atoms with Crippen LogP contribution in [0.25, 0.3) is 10.9 Å². The lowest BCUT2D eigenvalue weighted by Gasteiger charge is -2.19. The smallest absolute Gasteiger partial charge is 0.225 e. The van der Waals surface area contributed by atoms with Crippen LogP contribution in [0.2, 0.25) is 0 Å². The van der Waals surface area contributed by atoms with E-state index in [9.17, 15) is 4.39 Å². The van der Waals surface area contributed by atoms with Gasteiger partial charge in [-0.2, -0.15) is 4.98 Å². The first-order valence-corrected chi connectivity index (χ1v) is 7.15. The first-order valence-electron chi connectivity index (χ1n) is 7.15. The summed E-state index contributed by atoms with van der Waals surface area (Å²) in [5.41, 5.74) is 0.756. The van der Waals surface area contributed by atoms with Gasteiger partial charge in [-0.3, -0.25) is 0 Å². The predicted octanol–water partition coefficient (Wildman–Crippen LogP) is 2.28. The Morgan fingerprint density at radius 3 is 2.77 bits per heavy atom.